The van der Waals surface area contributed by atoms with Gasteiger partial charge in [-0.1, -0.05) is 44.2 Å². The van der Waals surface area contributed by atoms with Crippen LogP contribution in [0.5, 0.6) is 0 Å². The Morgan fingerprint density at radius 2 is 2.09 bits per heavy atom. The van der Waals surface area contributed by atoms with Gasteiger partial charge in [0.2, 0.25) is 0 Å². The van der Waals surface area contributed by atoms with E-state index in [0.29, 0.717) is 0 Å². The van der Waals surface area contributed by atoms with Gasteiger partial charge in [-0.25, -0.2) is 4.79 Å². The number of aliphatic hydroxyl groups is 1. The van der Waals surface area contributed by atoms with Gasteiger partial charge in [-0.05, 0) is 37.2 Å². The minimum Gasteiger partial charge on any atom is -0.394 e. The predicted octanol–water partition coefficient (Wildman–Crippen LogP) is 2.91. The maximum absolute atomic E-state index is 12.4. The first-order valence-electron chi connectivity index (χ1n) is 8.17. The quantitative estimate of drug-likeness (QED) is 0.879. The molecule has 1 aromatic rings. The summed E-state index contributed by atoms with van der Waals surface area (Å²) in [7, 11) is 0. The molecule has 0 unspecified atom stereocenters. The number of rotatable bonds is 5. The number of carbonyl (C=O) groups is 1. The van der Waals surface area contributed by atoms with Gasteiger partial charge in [-0.2, -0.15) is 0 Å². The maximum atomic E-state index is 12.4. The normalized spacial score (nSPS) is 20.0. The third-order valence-corrected chi connectivity index (χ3v) is 4.59. The van der Waals surface area contributed by atoms with E-state index in [0.717, 1.165) is 25.8 Å². The first kappa shape index (κ1) is 16.8. The van der Waals surface area contributed by atoms with Crippen LogP contribution in [0.2, 0.25) is 0 Å². The van der Waals surface area contributed by atoms with E-state index in [2.05, 4.69) is 43.4 Å². The molecule has 2 rings (SSSR count). The summed E-state index contributed by atoms with van der Waals surface area (Å²) in [6.45, 7) is 7.25. The van der Waals surface area contributed by atoms with E-state index >= 15 is 0 Å². The van der Waals surface area contributed by atoms with E-state index in [1.165, 1.54) is 5.56 Å². The van der Waals surface area contributed by atoms with Crippen LogP contribution in [0.15, 0.2) is 30.3 Å². The zero-order valence-electron chi connectivity index (χ0n) is 13.9. The lowest BCUT2D eigenvalue weighted by molar-refractivity contribution is 0.154. The number of urea groups is 1. The molecule has 0 saturated carbocycles. The highest BCUT2D eigenvalue weighted by Gasteiger charge is 2.30. The van der Waals surface area contributed by atoms with E-state index < -0.39 is 0 Å². The van der Waals surface area contributed by atoms with E-state index in [1.807, 2.05) is 13.0 Å². The second-order valence-electron chi connectivity index (χ2n) is 6.98. The Kier molecular flexibility index (Phi) is 5.46. The largest absolute Gasteiger partial charge is 0.394 e. The Balaban J connectivity index is 1.92. The van der Waals surface area contributed by atoms with Gasteiger partial charge in [0.15, 0.2) is 0 Å². The van der Waals surface area contributed by atoms with Crippen LogP contribution in [0.25, 0.3) is 0 Å². The molecule has 0 aromatic heterocycles. The average molecular weight is 304 g/mol. The van der Waals surface area contributed by atoms with Gasteiger partial charge in [0.25, 0.3) is 0 Å². The van der Waals surface area contributed by atoms with E-state index in [4.69, 9.17) is 0 Å². The van der Waals surface area contributed by atoms with Crippen molar-refractivity contribution in [2.24, 2.45) is 0 Å². The Bertz CT molecular complexity index is 487. The van der Waals surface area contributed by atoms with Crippen LogP contribution in [0, 0.1) is 0 Å². The summed E-state index contributed by atoms with van der Waals surface area (Å²) in [6, 6.07) is 10.4. The van der Waals surface area contributed by atoms with Crippen molar-refractivity contribution >= 4 is 6.03 Å². The van der Waals surface area contributed by atoms with Crippen molar-refractivity contribution in [1.29, 1.82) is 0 Å². The first-order chi connectivity index (χ1) is 10.4. The van der Waals surface area contributed by atoms with Crippen LogP contribution in [-0.4, -0.2) is 41.3 Å². The SMILES string of the molecule is C[C@@H](CC(C)(C)c1ccccc1)NC(=O)N1CCC[C@H]1CO. The van der Waals surface area contributed by atoms with Gasteiger partial charge in [0, 0.05) is 12.6 Å². The molecule has 1 fully saturated rings. The van der Waals surface area contributed by atoms with Crippen LogP contribution < -0.4 is 5.32 Å². The number of amides is 2. The predicted molar refractivity (Wildman–Crippen MR) is 88.9 cm³/mol. The molecule has 0 aliphatic carbocycles. The fourth-order valence-electron chi connectivity index (χ4n) is 3.41. The van der Waals surface area contributed by atoms with Crippen molar-refractivity contribution in [3.63, 3.8) is 0 Å². The molecule has 2 amide bonds. The molecule has 1 aliphatic heterocycles. The van der Waals surface area contributed by atoms with Crippen LogP contribution in [-0.2, 0) is 5.41 Å². The summed E-state index contributed by atoms with van der Waals surface area (Å²) >= 11 is 0. The average Bonchev–Trinajstić information content (AvgIpc) is 2.96. The molecule has 1 aromatic carbocycles. The van der Waals surface area contributed by atoms with Gasteiger partial charge in [0.05, 0.1) is 12.6 Å². The van der Waals surface area contributed by atoms with Crippen LogP contribution in [0.4, 0.5) is 4.79 Å². The molecule has 1 heterocycles. The third kappa shape index (κ3) is 4.01. The lowest BCUT2D eigenvalue weighted by atomic mass is 9.79. The molecule has 4 nitrogen and oxygen atoms in total. The van der Waals surface area contributed by atoms with Gasteiger partial charge in [0.1, 0.15) is 0 Å². The minimum atomic E-state index is -0.0482. The van der Waals surface area contributed by atoms with Crippen LogP contribution in [0.1, 0.15) is 45.6 Å². The lowest BCUT2D eigenvalue weighted by Crippen LogP contribution is -2.48. The zero-order valence-corrected chi connectivity index (χ0v) is 13.9. The van der Waals surface area contributed by atoms with Crippen LogP contribution in [0.3, 0.4) is 0 Å². The molecular formula is C18H28N2O2. The molecule has 2 atom stereocenters. The second-order valence-corrected chi connectivity index (χ2v) is 6.98. The monoisotopic (exact) mass is 304 g/mol. The summed E-state index contributed by atoms with van der Waals surface area (Å²) in [5.41, 5.74) is 1.29. The smallest absolute Gasteiger partial charge is 0.317 e. The zero-order chi connectivity index (χ0) is 16.2. The Labute approximate surface area is 133 Å². The highest BCUT2D eigenvalue weighted by atomic mass is 16.3. The maximum Gasteiger partial charge on any atom is 0.317 e. The molecule has 1 aliphatic rings. The van der Waals surface area contributed by atoms with Gasteiger partial charge in [-0.3, -0.25) is 0 Å². The standard InChI is InChI=1S/C18H28N2O2/c1-14(12-18(2,3)15-8-5-4-6-9-15)19-17(22)20-11-7-10-16(20)13-21/h4-6,8-9,14,16,21H,7,10-13H2,1-3H3,(H,19,22)/t14-,16-/m0/s1. The number of benzene rings is 1. The molecule has 0 radical (unpaired) electrons. The number of carbonyl (C=O) groups excluding carboxylic acids is 1. The first-order valence-corrected chi connectivity index (χ1v) is 8.17. The fraction of sp³-hybridized carbons (Fsp3) is 0.611. The summed E-state index contributed by atoms with van der Waals surface area (Å²) in [6.07, 6.45) is 2.75. The molecule has 1 saturated heterocycles. The topological polar surface area (TPSA) is 52.6 Å². The number of nitrogens with one attached hydrogen (secondary N) is 1. The number of nitrogens with zero attached hydrogens (tertiary/aromatic N) is 1. The summed E-state index contributed by atoms with van der Waals surface area (Å²) in [5.74, 6) is 0. The van der Waals surface area contributed by atoms with Crippen molar-refractivity contribution in [2.75, 3.05) is 13.2 Å². The minimum absolute atomic E-state index is 0.00927. The number of hydrogen-bond donors (Lipinski definition) is 2. The third-order valence-electron chi connectivity index (χ3n) is 4.59. The van der Waals surface area contributed by atoms with E-state index in [9.17, 15) is 9.90 Å². The molecule has 2 N–H and O–H groups in total. The van der Waals surface area contributed by atoms with Crippen molar-refractivity contribution in [3.05, 3.63) is 35.9 Å². The molecule has 4 heteroatoms. The van der Waals surface area contributed by atoms with Crippen molar-refractivity contribution in [2.45, 2.75) is 57.5 Å². The summed E-state index contributed by atoms with van der Waals surface area (Å²) in [4.78, 5) is 14.1. The van der Waals surface area contributed by atoms with E-state index in [-0.39, 0.29) is 30.1 Å². The Hall–Kier alpha value is -1.55. The van der Waals surface area contributed by atoms with E-state index in [1.54, 1.807) is 4.90 Å². The van der Waals surface area contributed by atoms with Gasteiger partial charge < -0.3 is 15.3 Å². The molecule has 122 valence electrons. The number of likely N-dealkylation sites (tertiary alicyclic amines) is 1. The highest BCUT2D eigenvalue weighted by molar-refractivity contribution is 5.75. The van der Waals surface area contributed by atoms with Gasteiger partial charge >= 0.3 is 6.03 Å². The van der Waals surface area contributed by atoms with Crippen molar-refractivity contribution < 1.29 is 9.90 Å². The number of hydrogen-bond acceptors (Lipinski definition) is 2. The summed E-state index contributed by atoms with van der Waals surface area (Å²) in [5, 5.41) is 12.4. The summed E-state index contributed by atoms with van der Waals surface area (Å²) < 4.78 is 0. The van der Waals surface area contributed by atoms with Crippen LogP contribution >= 0.6 is 0 Å². The lowest BCUT2D eigenvalue weighted by Gasteiger charge is -2.31. The van der Waals surface area contributed by atoms with Crippen molar-refractivity contribution in [3.8, 4) is 0 Å². The second kappa shape index (κ2) is 7.14. The molecular weight excluding hydrogens is 276 g/mol. The fourth-order valence-corrected chi connectivity index (χ4v) is 3.41. The van der Waals surface area contributed by atoms with Gasteiger partial charge in [-0.15, -0.1) is 0 Å². The Morgan fingerprint density at radius 1 is 1.41 bits per heavy atom. The van der Waals surface area contributed by atoms with Crippen molar-refractivity contribution in [1.82, 2.24) is 10.2 Å². The highest BCUT2D eigenvalue weighted by Crippen LogP contribution is 2.28. The Morgan fingerprint density at radius 3 is 2.73 bits per heavy atom. The molecule has 22 heavy (non-hydrogen) atoms. The molecule has 0 spiro atoms. The number of aliphatic hydroxyl groups excluding tert-OH is 1. The molecule has 0 bridgehead atoms.